The molecule has 0 fully saturated rings. The molecule has 0 aliphatic rings. The van der Waals surface area contributed by atoms with Crippen molar-refractivity contribution in [1.29, 1.82) is 0 Å². The first kappa shape index (κ1) is 25.7. The molecule has 2 amide bonds. The quantitative estimate of drug-likeness (QED) is 0.566. The highest BCUT2D eigenvalue weighted by molar-refractivity contribution is 7.92. The van der Waals surface area contributed by atoms with Gasteiger partial charge in [0.2, 0.25) is 21.8 Å². The van der Waals surface area contributed by atoms with Gasteiger partial charge in [-0.3, -0.25) is 13.9 Å². The van der Waals surface area contributed by atoms with Gasteiger partial charge >= 0.3 is 0 Å². The van der Waals surface area contributed by atoms with Crippen LogP contribution in [0.1, 0.15) is 30.9 Å². The number of carbonyl (C=O) groups is 2. The van der Waals surface area contributed by atoms with Gasteiger partial charge in [0, 0.05) is 31.6 Å². The lowest BCUT2D eigenvalue weighted by atomic mass is 10.1. The van der Waals surface area contributed by atoms with Gasteiger partial charge in [-0.25, -0.2) is 8.42 Å². The number of anilines is 1. The van der Waals surface area contributed by atoms with Crippen LogP contribution in [0.15, 0.2) is 48.5 Å². The third kappa shape index (κ3) is 7.24. The van der Waals surface area contributed by atoms with E-state index >= 15 is 0 Å². The Morgan fingerprint density at radius 2 is 1.78 bits per heavy atom. The monoisotopic (exact) mass is 479 g/mol. The van der Waals surface area contributed by atoms with E-state index in [2.05, 4.69) is 5.32 Å². The second-order valence-corrected chi connectivity index (χ2v) is 10.1. The highest BCUT2D eigenvalue weighted by atomic mass is 35.5. The normalized spacial score (nSPS) is 12.2. The zero-order valence-electron chi connectivity index (χ0n) is 18.8. The van der Waals surface area contributed by atoms with Crippen molar-refractivity contribution in [3.8, 4) is 0 Å². The predicted molar refractivity (Wildman–Crippen MR) is 128 cm³/mol. The molecular weight excluding hydrogens is 450 g/mol. The molecule has 0 spiro atoms. The SMILES string of the molecule is CNC(=O)[C@H](C)N(Cc1cccc(Cl)c1)C(=O)CCCN(c1ccc(C)cc1)S(C)(=O)=O. The van der Waals surface area contributed by atoms with E-state index in [1.54, 1.807) is 37.3 Å². The van der Waals surface area contributed by atoms with E-state index in [1.165, 1.54) is 16.3 Å². The summed E-state index contributed by atoms with van der Waals surface area (Å²) < 4.78 is 25.9. The van der Waals surface area contributed by atoms with E-state index in [0.29, 0.717) is 17.1 Å². The average Bonchev–Trinajstić information content (AvgIpc) is 2.74. The van der Waals surface area contributed by atoms with Crippen LogP contribution in [0.5, 0.6) is 0 Å². The number of hydrogen-bond acceptors (Lipinski definition) is 4. The second-order valence-electron chi connectivity index (χ2n) is 7.72. The van der Waals surface area contributed by atoms with Gasteiger partial charge in [-0.15, -0.1) is 0 Å². The van der Waals surface area contributed by atoms with Crippen LogP contribution in [-0.4, -0.2) is 51.0 Å². The third-order valence-electron chi connectivity index (χ3n) is 5.13. The largest absolute Gasteiger partial charge is 0.357 e. The molecule has 174 valence electrons. The second kappa shape index (κ2) is 11.3. The number of likely N-dealkylation sites (N-methyl/N-ethyl adjacent to an activating group) is 1. The van der Waals surface area contributed by atoms with Crippen LogP contribution >= 0.6 is 11.6 Å². The van der Waals surface area contributed by atoms with E-state index in [1.807, 2.05) is 25.1 Å². The van der Waals surface area contributed by atoms with Gasteiger partial charge in [0.15, 0.2) is 0 Å². The van der Waals surface area contributed by atoms with Crippen molar-refractivity contribution >= 4 is 39.1 Å². The molecule has 9 heteroatoms. The first-order chi connectivity index (χ1) is 15.0. The molecule has 0 heterocycles. The topological polar surface area (TPSA) is 86.8 Å². The molecule has 0 aromatic heterocycles. The van der Waals surface area contributed by atoms with Crippen LogP contribution in [0, 0.1) is 6.92 Å². The average molecular weight is 480 g/mol. The highest BCUT2D eigenvalue weighted by Crippen LogP contribution is 2.20. The molecule has 1 atom stereocenters. The molecule has 0 saturated carbocycles. The van der Waals surface area contributed by atoms with Crippen molar-refractivity contribution in [3.05, 3.63) is 64.7 Å². The molecule has 0 bridgehead atoms. The minimum absolute atomic E-state index is 0.0970. The number of rotatable bonds is 10. The number of nitrogens with zero attached hydrogens (tertiary/aromatic N) is 2. The number of amides is 2. The number of nitrogens with one attached hydrogen (secondary N) is 1. The Hall–Kier alpha value is -2.58. The predicted octanol–water partition coefficient (Wildman–Crippen LogP) is 3.36. The maximum absolute atomic E-state index is 13.1. The Balaban J connectivity index is 2.13. The summed E-state index contributed by atoms with van der Waals surface area (Å²) in [4.78, 5) is 26.8. The number of halogens is 1. The molecule has 0 unspecified atom stereocenters. The number of carbonyl (C=O) groups excluding carboxylic acids is 2. The van der Waals surface area contributed by atoms with Crippen LogP contribution < -0.4 is 9.62 Å². The van der Waals surface area contributed by atoms with Crippen molar-refractivity contribution in [3.63, 3.8) is 0 Å². The summed E-state index contributed by atoms with van der Waals surface area (Å²) in [6.07, 6.45) is 1.56. The zero-order valence-corrected chi connectivity index (χ0v) is 20.4. The highest BCUT2D eigenvalue weighted by Gasteiger charge is 2.26. The number of benzene rings is 2. The summed E-state index contributed by atoms with van der Waals surface area (Å²) in [5.41, 5.74) is 2.39. The van der Waals surface area contributed by atoms with Crippen molar-refractivity contribution in [2.45, 2.75) is 39.3 Å². The standard InChI is InChI=1S/C23H30ClN3O4S/c1-17-10-12-21(13-11-17)27(32(4,30)31)14-6-9-22(28)26(18(2)23(29)25-3)16-19-7-5-8-20(24)15-19/h5,7-8,10-13,15,18H,6,9,14,16H2,1-4H3,(H,25,29)/t18-/m0/s1. The minimum atomic E-state index is -3.51. The third-order valence-corrected chi connectivity index (χ3v) is 6.56. The van der Waals surface area contributed by atoms with Gasteiger partial charge in [-0.05, 0) is 50.1 Å². The summed E-state index contributed by atoms with van der Waals surface area (Å²) in [5.74, 6) is -0.517. The maximum Gasteiger partial charge on any atom is 0.242 e. The van der Waals surface area contributed by atoms with Crippen molar-refractivity contribution < 1.29 is 18.0 Å². The number of aryl methyl sites for hydroxylation is 1. The smallest absolute Gasteiger partial charge is 0.242 e. The van der Waals surface area contributed by atoms with Crippen LogP contribution in [-0.2, 0) is 26.2 Å². The van der Waals surface area contributed by atoms with Gasteiger partial charge < -0.3 is 10.2 Å². The first-order valence-electron chi connectivity index (χ1n) is 10.3. The van der Waals surface area contributed by atoms with Crippen LogP contribution in [0.4, 0.5) is 5.69 Å². The molecule has 0 aliphatic heterocycles. The fraction of sp³-hybridized carbons (Fsp3) is 0.391. The van der Waals surface area contributed by atoms with Crippen LogP contribution in [0.2, 0.25) is 5.02 Å². The van der Waals surface area contributed by atoms with E-state index in [4.69, 9.17) is 11.6 Å². The Morgan fingerprint density at radius 1 is 1.12 bits per heavy atom. The lowest BCUT2D eigenvalue weighted by Crippen LogP contribution is -2.46. The summed E-state index contributed by atoms with van der Waals surface area (Å²) in [7, 11) is -1.99. The van der Waals surface area contributed by atoms with E-state index in [0.717, 1.165) is 17.4 Å². The minimum Gasteiger partial charge on any atom is -0.357 e. The summed E-state index contributed by atoms with van der Waals surface area (Å²) >= 11 is 6.06. The van der Waals surface area contributed by atoms with Crippen molar-refractivity contribution in [2.75, 3.05) is 24.2 Å². The van der Waals surface area contributed by atoms with Crippen molar-refractivity contribution in [1.82, 2.24) is 10.2 Å². The van der Waals surface area contributed by atoms with Crippen LogP contribution in [0.25, 0.3) is 0 Å². The lowest BCUT2D eigenvalue weighted by Gasteiger charge is -2.29. The lowest BCUT2D eigenvalue weighted by molar-refractivity contribution is -0.140. The van der Waals surface area contributed by atoms with E-state index in [9.17, 15) is 18.0 Å². The van der Waals surface area contributed by atoms with Gasteiger partial charge in [0.25, 0.3) is 0 Å². The zero-order chi connectivity index (χ0) is 23.9. The van der Waals surface area contributed by atoms with Gasteiger partial charge in [-0.2, -0.15) is 0 Å². The number of hydrogen-bond donors (Lipinski definition) is 1. The first-order valence-corrected chi connectivity index (χ1v) is 12.6. The van der Waals surface area contributed by atoms with E-state index in [-0.39, 0.29) is 31.3 Å². The Kier molecular flexibility index (Phi) is 9.09. The summed E-state index contributed by atoms with van der Waals surface area (Å²) in [5, 5.41) is 3.12. The molecule has 32 heavy (non-hydrogen) atoms. The molecule has 2 aromatic carbocycles. The fourth-order valence-corrected chi connectivity index (χ4v) is 4.52. The molecule has 0 saturated heterocycles. The van der Waals surface area contributed by atoms with Gasteiger partial charge in [-0.1, -0.05) is 41.4 Å². The van der Waals surface area contributed by atoms with Crippen LogP contribution in [0.3, 0.4) is 0 Å². The molecule has 0 aliphatic carbocycles. The Bertz CT molecular complexity index is 1040. The molecule has 2 aromatic rings. The Labute approximate surface area is 195 Å². The summed E-state index contributed by atoms with van der Waals surface area (Å²) in [6, 6.07) is 13.6. The molecule has 7 nitrogen and oxygen atoms in total. The number of sulfonamides is 1. The van der Waals surface area contributed by atoms with Gasteiger partial charge in [0.05, 0.1) is 11.9 Å². The maximum atomic E-state index is 13.1. The Morgan fingerprint density at radius 3 is 2.34 bits per heavy atom. The van der Waals surface area contributed by atoms with E-state index < -0.39 is 16.1 Å². The molecular formula is C23H30ClN3O4S. The summed E-state index contributed by atoms with van der Waals surface area (Å²) in [6.45, 7) is 3.97. The molecule has 1 N–H and O–H groups in total. The van der Waals surface area contributed by atoms with Crippen molar-refractivity contribution in [2.24, 2.45) is 0 Å². The fourth-order valence-electron chi connectivity index (χ4n) is 3.34. The molecule has 0 radical (unpaired) electrons. The molecule has 2 rings (SSSR count). The van der Waals surface area contributed by atoms with Gasteiger partial charge in [0.1, 0.15) is 6.04 Å².